The first-order valence-electron chi connectivity index (χ1n) is 10.3. The van der Waals surface area contributed by atoms with E-state index in [-0.39, 0.29) is 11.8 Å². The van der Waals surface area contributed by atoms with Gasteiger partial charge in [0, 0.05) is 16.8 Å². The molecular formula is C24H31NO3. The molecule has 4 nitrogen and oxygen atoms in total. The molecule has 0 unspecified atom stereocenters. The summed E-state index contributed by atoms with van der Waals surface area (Å²) >= 11 is 0. The summed E-state index contributed by atoms with van der Waals surface area (Å²) in [5, 5.41) is 0. The third-order valence-corrected chi connectivity index (χ3v) is 4.98. The van der Waals surface area contributed by atoms with Crippen LogP contribution < -0.4 is 5.73 Å². The third-order valence-electron chi connectivity index (χ3n) is 4.98. The number of carbonyl (C=O) groups is 2. The Morgan fingerprint density at radius 3 is 2.32 bits per heavy atom. The maximum atomic E-state index is 13.3. The van der Waals surface area contributed by atoms with Gasteiger partial charge in [0.15, 0.2) is 5.78 Å². The van der Waals surface area contributed by atoms with Crippen molar-refractivity contribution in [1.29, 1.82) is 0 Å². The van der Waals surface area contributed by atoms with E-state index < -0.39 is 0 Å². The van der Waals surface area contributed by atoms with Gasteiger partial charge in [0.25, 0.3) is 0 Å². The van der Waals surface area contributed by atoms with Gasteiger partial charge >= 0.3 is 5.97 Å². The molecule has 0 saturated carbocycles. The van der Waals surface area contributed by atoms with Crippen LogP contribution in [0.4, 0.5) is 5.69 Å². The van der Waals surface area contributed by atoms with Crippen LogP contribution in [0.2, 0.25) is 0 Å². The van der Waals surface area contributed by atoms with Crippen molar-refractivity contribution < 1.29 is 14.3 Å². The molecule has 2 N–H and O–H groups in total. The Bertz CT molecular complexity index is 812. The second-order valence-electron chi connectivity index (χ2n) is 6.93. The topological polar surface area (TPSA) is 69.4 Å². The van der Waals surface area contributed by atoms with Crippen molar-refractivity contribution in [3.05, 3.63) is 64.2 Å². The van der Waals surface area contributed by atoms with Crippen LogP contribution in [0.1, 0.15) is 83.9 Å². The average molecular weight is 382 g/mol. The molecule has 2 aromatic rings. The van der Waals surface area contributed by atoms with Crippen molar-refractivity contribution >= 4 is 17.4 Å². The van der Waals surface area contributed by atoms with Gasteiger partial charge in [-0.2, -0.15) is 0 Å². The van der Waals surface area contributed by atoms with E-state index in [0.717, 1.165) is 36.8 Å². The molecule has 0 amide bonds. The highest BCUT2D eigenvalue weighted by Gasteiger charge is 2.25. The zero-order valence-corrected chi connectivity index (χ0v) is 17.2. The van der Waals surface area contributed by atoms with Gasteiger partial charge in [0.05, 0.1) is 12.2 Å². The Hall–Kier alpha value is -2.62. The SMILES string of the molecule is CCCCCCc1c(C(=O)OCC)cc(CC)c(N)c1C(=O)c1ccccc1. The number of hydrogen-bond donors (Lipinski definition) is 1. The van der Waals surface area contributed by atoms with E-state index in [0.29, 0.717) is 41.8 Å². The second kappa shape index (κ2) is 10.6. The number of nitrogen functional groups attached to an aromatic ring is 1. The summed E-state index contributed by atoms with van der Waals surface area (Å²) in [7, 11) is 0. The quantitative estimate of drug-likeness (QED) is 0.260. The van der Waals surface area contributed by atoms with E-state index in [4.69, 9.17) is 10.5 Å². The van der Waals surface area contributed by atoms with Gasteiger partial charge in [0.1, 0.15) is 0 Å². The highest BCUT2D eigenvalue weighted by molar-refractivity contribution is 6.15. The molecule has 0 heterocycles. The van der Waals surface area contributed by atoms with Crippen LogP contribution in [-0.2, 0) is 17.6 Å². The van der Waals surface area contributed by atoms with Crippen molar-refractivity contribution in [2.45, 2.75) is 59.3 Å². The minimum absolute atomic E-state index is 0.135. The van der Waals surface area contributed by atoms with Gasteiger partial charge in [0.2, 0.25) is 0 Å². The predicted molar refractivity (Wildman–Crippen MR) is 114 cm³/mol. The van der Waals surface area contributed by atoms with Crippen LogP contribution in [0, 0.1) is 0 Å². The van der Waals surface area contributed by atoms with E-state index in [2.05, 4.69) is 6.92 Å². The summed E-state index contributed by atoms with van der Waals surface area (Å²) in [6, 6.07) is 10.9. The van der Waals surface area contributed by atoms with Gasteiger partial charge in [-0.1, -0.05) is 63.4 Å². The molecule has 0 saturated heterocycles. The lowest BCUT2D eigenvalue weighted by molar-refractivity contribution is 0.0525. The van der Waals surface area contributed by atoms with Crippen molar-refractivity contribution in [3.63, 3.8) is 0 Å². The number of benzene rings is 2. The standard InChI is InChI=1S/C24H31NO3/c1-4-7-8-12-15-19-20(24(27)28-6-3)16-17(5-2)22(25)21(19)23(26)18-13-10-9-11-14-18/h9-11,13-14,16H,4-8,12,15,25H2,1-3H3. The highest BCUT2D eigenvalue weighted by atomic mass is 16.5. The molecule has 150 valence electrons. The average Bonchev–Trinajstić information content (AvgIpc) is 2.71. The van der Waals surface area contributed by atoms with Crippen LogP contribution in [0.3, 0.4) is 0 Å². The van der Waals surface area contributed by atoms with E-state index in [1.54, 1.807) is 19.1 Å². The maximum Gasteiger partial charge on any atom is 0.338 e. The van der Waals surface area contributed by atoms with Crippen LogP contribution in [0.5, 0.6) is 0 Å². The van der Waals surface area contributed by atoms with Gasteiger partial charge in [-0.15, -0.1) is 0 Å². The first kappa shape index (κ1) is 21.7. The number of hydrogen-bond acceptors (Lipinski definition) is 4. The van der Waals surface area contributed by atoms with E-state index in [1.165, 1.54) is 0 Å². The normalized spacial score (nSPS) is 10.7. The Kier molecular flexibility index (Phi) is 8.24. The molecule has 2 aromatic carbocycles. The molecule has 4 heteroatoms. The van der Waals surface area contributed by atoms with Crippen molar-refractivity contribution in [3.8, 4) is 0 Å². The summed E-state index contributed by atoms with van der Waals surface area (Å²) in [6.07, 6.45) is 5.48. The Morgan fingerprint density at radius 2 is 1.71 bits per heavy atom. The van der Waals surface area contributed by atoms with Gasteiger partial charge < -0.3 is 10.5 Å². The van der Waals surface area contributed by atoms with E-state index in [9.17, 15) is 9.59 Å². The fourth-order valence-corrected chi connectivity index (χ4v) is 3.46. The van der Waals surface area contributed by atoms with Gasteiger partial charge in [-0.3, -0.25) is 4.79 Å². The number of esters is 1. The Morgan fingerprint density at radius 1 is 1.00 bits per heavy atom. The number of carbonyl (C=O) groups excluding carboxylic acids is 2. The summed E-state index contributed by atoms with van der Waals surface area (Å²) < 4.78 is 5.28. The number of anilines is 1. The fraction of sp³-hybridized carbons (Fsp3) is 0.417. The molecule has 0 fully saturated rings. The first-order valence-corrected chi connectivity index (χ1v) is 10.3. The molecule has 0 atom stereocenters. The molecule has 0 aliphatic rings. The highest BCUT2D eigenvalue weighted by Crippen LogP contribution is 2.31. The van der Waals surface area contributed by atoms with Crippen LogP contribution in [-0.4, -0.2) is 18.4 Å². The maximum absolute atomic E-state index is 13.3. The predicted octanol–water partition coefficient (Wildman–Crippen LogP) is 5.36. The van der Waals surface area contributed by atoms with Gasteiger partial charge in [-0.25, -0.2) is 4.79 Å². The molecule has 28 heavy (non-hydrogen) atoms. The minimum atomic E-state index is -0.384. The van der Waals surface area contributed by atoms with Crippen molar-refractivity contribution in [2.24, 2.45) is 0 Å². The number of ether oxygens (including phenoxy) is 1. The number of nitrogens with two attached hydrogens (primary N) is 1. The van der Waals surface area contributed by atoms with E-state index >= 15 is 0 Å². The number of rotatable bonds is 10. The van der Waals surface area contributed by atoms with Crippen LogP contribution in [0.25, 0.3) is 0 Å². The number of aryl methyl sites for hydroxylation is 1. The van der Waals surface area contributed by atoms with Crippen molar-refractivity contribution in [1.82, 2.24) is 0 Å². The fourth-order valence-electron chi connectivity index (χ4n) is 3.46. The largest absolute Gasteiger partial charge is 0.462 e. The molecule has 0 radical (unpaired) electrons. The summed E-state index contributed by atoms with van der Waals surface area (Å²) in [5.41, 5.74) is 9.96. The van der Waals surface area contributed by atoms with Gasteiger partial charge in [-0.05, 0) is 43.4 Å². The Labute approximate surface area is 168 Å². The summed E-state index contributed by atoms with van der Waals surface area (Å²) in [6.45, 7) is 6.20. The molecule has 0 aliphatic carbocycles. The molecule has 0 bridgehead atoms. The molecule has 0 spiro atoms. The third kappa shape index (κ3) is 5.00. The second-order valence-corrected chi connectivity index (χ2v) is 6.93. The zero-order chi connectivity index (χ0) is 20.5. The lowest BCUT2D eigenvalue weighted by Crippen LogP contribution is -2.17. The zero-order valence-electron chi connectivity index (χ0n) is 17.2. The summed E-state index contributed by atoms with van der Waals surface area (Å²) in [5.74, 6) is -0.519. The lowest BCUT2D eigenvalue weighted by atomic mass is 9.87. The molecule has 0 aromatic heterocycles. The number of ketones is 1. The molecule has 0 aliphatic heterocycles. The molecular weight excluding hydrogens is 350 g/mol. The van der Waals surface area contributed by atoms with Crippen LogP contribution >= 0.6 is 0 Å². The van der Waals surface area contributed by atoms with Crippen molar-refractivity contribution in [2.75, 3.05) is 12.3 Å². The smallest absolute Gasteiger partial charge is 0.338 e. The van der Waals surface area contributed by atoms with E-state index in [1.807, 2.05) is 31.2 Å². The lowest BCUT2D eigenvalue weighted by Gasteiger charge is -2.19. The Balaban J connectivity index is 2.62. The monoisotopic (exact) mass is 381 g/mol. The minimum Gasteiger partial charge on any atom is -0.462 e. The number of unbranched alkanes of at least 4 members (excludes halogenated alkanes) is 3. The van der Waals surface area contributed by atoms with Crippen LogP contribution in [0.15, 0.2) is 36.4 Å². The first-order chi connectivity index (χ1) is 13.5. The molecule has 2 rings (SSSR count). The summed E-state index contributed by atoms with van der Waals surface area (Å²) in [4.78, 5) is 26.0.